The summed E-state index contributed by atoms with van der Waals surface area (Å²) in [5.74, 6) is 2.37. The molecule has 1 aromatic carbocycles. The molecule has 3 atom stereocenters. The second-order valence-corrected chi connectivity index (χ2v) is 5.32. The number of fused-ring (bicyclic) bond motifs is 3. The van der Waals surface area contributed by atoms with E-state index in [1.165, 1.54) is 6.42 Å². The quantitative estimate of drug-likeness (QED) is 0.874. The number of benzene rings is 1. The monoisotopic (exact) mass is 240 g/mol. The van der Waals surface area contributed by atoms with Crippen molar-refractivity contribution in [1.29, 1.82) is 0 Å². The molecule has 3 heteroatoms. The molecular formula is C15H16N2O. The lowest BCUT2D eigenvalue weighted by molar-refractivity contribution is -0.0437. The summed E-state index contributed by atoms with van der Waals surface area (Å²) in [7, 11) is 0. The average Bonchev–Trinajstić information content (AvgIpc) is 2.45. The van der Waals surface area contributed by atoms with Gasteiger partial charge in [-0.2, -0.15) is 0 Å². The van der Waals surface area contributed by atoms with E-state index in [0.29, 0.717) is 17.9 Å². The summed E-state index contributed by atoms with van der Waals surface area (Å²) in [5.41, 5.74) is 1.01. The van der Waals surface area contributed by atoms with Crippen LogP contribution in [0, 0.1) is 11.8 Å². The number of rotatable bonds is 2. The van der Waals surface area contributed by atoms with Crippen molar-refractivity contribution in [3.8, 4) is 5.75 Å². The number of ether oxygens (including phenoxy) is 1. The minimum Gasteiger partial charge on any atom is -0.489 e. The number of hydrogen-bond donors (Lipinski definition) is 1. The third-order valence-corrected chi connectivity index (χ3v) is 4.22. The highest BCUT2D eigenvalue weighted by atomic mass is 16.5. The average molecular weight is 240 g/mol. The topological polar surface area (TPSA) is 34.1 Å². The molecule has 1 unspecified atom stereocenters. The molecule has 2 heterocycles. The van der Waals surface area contributed by atoms with Crippen molar-refractivity contribution in [2.75, 3.05) is 13.1 Å². The normalized spacial score (nSPS) is 29.9. The Kier molecular flexibility index (Phi) is 2.27. The first-order valence-electron chi connectivity index (χ1n) is 6.63. The van der Waals surface area contributed by atoms with Crippen LogP contribution in [0.2, 0.25) is 0 Å². The van der Waals surface area contributed by atoms with Gasteiger partial charge in [0, 0.05) is 36.5 Å². The van der Waals surface area contributed by atoms with Gasteiger partial charge in [0.2, 0.25) is 0 Å². The molecule has 92 valence electrons. The zero-order valence-corrected chi connectivity index (χ0v) is 10.2. The van der Waals surface area contributed by atoms with Crippen molar-refractivity contribution in [1.82, 2.24) is 10.3 Å². The van der Waals surface area contributed by atoms with Crippen LogP contribution in [0.25, 0.3) is 10.9 Å². The Morgan fingerprint density at radius 1 is 1.11 bits per heavy atom. The van der Waals surface area contributed by atoms with Gasteiger partial charge in [0.25, 0.3) is 0 Å². The van der Waals surface area contributed by atoms with Crippen LogP contribution in [0.4, 0.5) is 0 Å². The first-order valence-corrected chi connectivity index (χ1v) is 6.63. The lowest BCUT2D eigenvalue weighted by atomic mass is 9.69. The maximum Gasteiger partial charge on any atom is 0.130 e. The van der Waals surface area contributed by atoms with Gasteiger partial charge in [-0.3, -0.25) is 4.98 Å². The molecule has 1 saturated carbocycles. The van der Waals surface area contributed by atoms with E-state index in [1.807, 2.05) is 30.5 Å². The number of piperidine rings is 2. The van der Waals surface area contributed by atoms with Gasteiger partial charge in [-0.05, 0) is 24.6 Å². The summed E-state index contributed by atoms with van der Waals surface area (Å²) in [6.45, 7) is 2.20. The lowest BCUT2D eigenvalue weighted by Crippen LogP contribution is -2.59. The summed E-state index contributed by atoms with van der Waals surface area (Å²) in [4.78, 5) is 4.37. The van der Waals surface area contributed by atoms with Gasteiger partial charge in [-0.1, -0.05) is 12.1 Å². The molecule has 0 amide bonds. The minimum absolute atomic E-state index is 0.400. The summed E-state index contributed by atoms with van der Waals surface area (Å²) in [6.07, 6.45) is 3.56. The molecule has 4 rings (SSSR count). The molecule has 1 aliphatic carbocycles. The Bertz CT molecular complexity index is 564. The third kappa shape index (κ3) is 1.51. The Morgan fingerprint density at radius 2 is 1.94 bits per heavy atom. The van der Waals surface area contributed by atoms with Crippen molar-refractivity contribution in [2.45, 2.75) is 12.5 Å². The van der Waals surface area contributed by atoms with Gasteiger partial charge < -0.3 is 10.1 Å². The van der Waals surface area contributed by atoms with Crippen LogP contribution in [0.5, 0.6) is 5.75 Å². The molecule has 2 aromatic rings. The molecule has 2 bridgehead atoms. The number of pyridine rings is 1. The summed E-state index contributed by atoms with van der Waals surface area (Å²) < 4.78 is 6.25. The van der Waals surface area contributed by atoms with Crippen LogP contribution in [-0.4, -0.2) is 24.2 Å². The molecule has 0 spiro atoms. The highest BCUT2D eigenvalue weighted by Crippen LogP contribution is 2.40. The van der Waals surface area contributed by atoms with E-state index in [0.717, 1.165) is 29.7 Å². The smallest absolute Gasteiger partial charge is 0.130 e. The van der Waals surface area contributed by atoms with E-state index < -0.39 is 0 Å². The van der Waals surface area contributed by atoms with E-state index in [9.17, 15) is 0 Å². The fourth-order valence-corrected chi connectivity index (χ4v) is 3.21. The highest BCUT2D eigenvalue weighted by Gasteiger charge is 2.45. The fraction of sp³-hybridized carbons (Fsp3) is 0.400. The zero-order chi connectivity index (χ0) is 11.9. The molecule has 2 fully saturated rings. The number of hydrogen-bond acceptors (Lipinski definition) is 3. The molecule has 0 radical (unpaired) electrons. The van der Waals surface area contributed by atoms with Crippen LogP contribution < -0.4 is 10.1 Å². The van der Waals surface area contributed by atoms with Gasteiger partial charge >= 0.3 is 0 Å². The molecule has 1 aromatic heterocycles. The van der Waals surface area contributed by atoms with Crippen molar-refractivity contribution in [3.05, 3.63) is 36.5 Å². The Labute approximate surface area is 106 Å². The van der Waals surface area contributed by atoms with Gasteiger partial charge in [0.05, 0.1) is 5.52 Å². The zero-order valence-electron chi connectivity index (χ0n) is 10.2. The van der Waals surface area contributed by atoms with Crippen LogP contribution in [0.3, 0.4) is 0 Å². The molecule has 1 N–H and O–H groups in total. The predicted molar refractivity (Wildman–Crippen MR) is 70.6 cm³/mol. The van der Waals surface area contributed by atoms with Crippen molar-refractivity contribution < 1.29 is 4.74 Å². The molecule has 2 aliphatic rings. The standard InChI is InChI=1S/C15H16N2O/c1-2-4-13-12(3-1)14(5-6-17-13)18-15-10-7-11(15)9-16-8-10/h1-6,10-11,15-16H,7-9H2/t10-,11+,15?. The second kappa shape index (κ2) is 3.95. The maximum absolute atomic E-state index is 6.25. The van der Waals surface area contributed by atoms with E-state index in [-0.39, 0.29) is 0 Å². The SMILES string of the molecule is c1ccc2c(OC3[C@@H]4CNC[C@H]3C4)ccnc2c1. The highest BCUT2D eigenvalue weighted by molar-refractivity contribution is 5.84. The lowest BCUT2D eigenvalue weighted by Gasteiger charge is -2.49. The molecule has 1 aliphatic heterocycles. The van der Waals surface area contributed by atoms with Crippen LogP contribution in [-0.2, 0) is 0 Å². The number of para-hydroxylation sites is 1. The predicted octanol–water partition coefficient (Wildman–Crippen LogP) is 2.22. The minimum atomic E-state index is 0.400. The van der Waals surface area contributed by atoms with Crippen molar-refractivity contribution in [3.63, 3.8) is 0 Å². The Balaban J connectivity index is 1.67. The van der Waals surface area contributed by atoms with Crippen LogP contribution in [0.1, 0.15) is 6.42 Å². The van der Waals surface area contributed by atoms with E-state index in [4.69, 9.17) is 4.74 Å². The van der Waals surface area contributed by atoms with Gasteiger partial charge in [0.1, 0.15) is 11.9 Å². The fourth-order valence-electron chi connectivity index (χ4n) is 3.21. The summed E-state index contributed by atoms with van der Waals surface area (Å²) >= 11 is 0. The second-order valence-electron chi connectivity index (χ2n) is 5.32. The maximum atomic E-state index is 6.25. The van der Waals surface area contributed by atoms with Gasteiger partial charge in [0.15, 0.2) is 0 Å². The summed E-state index contributed by atoms with van der Waals surface area (Å²) in [6, 6.07) is 10.2. The van der Waals surface area contributed by atoms with E-state index >= 15 is 0 Å². The molecule has 3 nitrogen and oxygen atoms in total. The molecule has 1 saturated heterocycles. The van der Waals surface area contributed by atoms with Crippen molar-refractivity contribution in [2.24, 2.45) is 11.8 Å². The Morgan fingerprint density at radius 3 is 2.78 bits per heavy atom. The van der Waals surface area contributed by atoms with Gasteiger partial charge in [-0.15, -0.1) is 0 Å². The van der Waals surface area contributed by atoms with Crippen LogP contribution in [0.15, 0.2) is 36.5 Å². The number of nitrogens with zero attached hydrogens (tertiary/aromatic N) is 1. The van der Waals surface area contributed by atoms with E-state index in [1.54, 1.807) is 0 Å². The third-order valence-electron chi connectivity index (χ3n) is 4.22. The number of aromatic nitrogens is 1. The largest absolute Gasteiger partial charge is 0.489 e. The van der Waals surface area contributed by atoms with Crippen molar-refractivity contribution >= 4 is 10.9 Å². The number of nitrogens with one attached hydrogen (secondary N) is 1. The molecular weight excluding hydrogens is 224 g/mol. The Hall–Kier alpha value is -1.61. The van der Waals surface area contributed by atoms with Gasteiger partial charge in [-0.25, -0.2) is 0 Å². The van der Waals surface area contributed by atoms with Crippen LogP contribution >= 0.6 is 0 Å². The first kappa shape index (κ1) is 10.3. The molecule has 18 heavy (non-hydrogen) atoms. The first-order chi connectivity index (χ1) is 8.92. The summed E-state index contributed by atoms with van der Waals surface area (Å²) in [5, 5.41) is 4.57. The van der Waals surface area contributed by atoms with E-state index in [2.05, 4.69) is 16.4 Å².